The zero-order valence-corrected chi connectivity index (χ0v) is 15.9. The topological polar surface area (TPSA) is 72.5 Å². The minimum absolute atomic E-state index is 0.279. The molecule has 0 aromatic rings. The van der Waals surface area contributed by atoms with Gasteiger partial charge in [0.15, 0.2) is 8.32 Å². The van der Waals surface area contributed by atoms with Gasteiger partial charge in [0.2, 0.25) is 0 Å². The largest absolute Gasteiger partial charge is 0.463 e. The molecule has 0 unspecified atom stereocenters. The molecule has 0 saturated heterocycles. The van der Waals surface area contributed by atoms with E-state index in [4.69, 9.17) is 28.1 Å². The first-order valence-electron chi connectivity index (χ1n) is 8.00. The van der Waals surface area contributed by atoms with Gasteiger partial charge >= 0.3 is 5.97 Å². The van der Waals surface area contributed by atoms with Crippen molar-refractivity contribution in [3.63, 3.8) is 0 Å². The third-order valence-corrected chi connectivity index (χ3v) is 3.48. The van der Waals surface area contributed by atoms with Gasteiger partial charge in [-0.3, -0.25) is 4.79 Å². The molecule has 8 heteroatoms. The summed E-state index contributed by atoms with van der Waals surface area (Å²) in [6.45, 7) is 12.9. The molecule has 138 valence electrons. The van der Waals surface area contributed by atoms with Gasteiger partial charge < -0.3 is 28.1 Å². The number of esters is 1. The van der Waals surface area contributed by atoms with Crippen LogP contribution in [0.15, 0.2) is 0 Å². The molecule has 0 bridgehead atoms. The number of hydrogen-bond acceptors (Lipinski definition) is 7. The lowest BCUT2D eigenvalue weighted by molar-refractivity contribution is -0.142. The van der Waals surface area contributed by atoms with E-state index in [0.29, 0.717) is 59.5 Å². The molecule has 0 saturated carbocycles. The van der Waals surface area contributed by atoms with Gasteiger partial charge in [0.25, 0.3) is 0 Å². The van der Waals surface area contributed by atoms with Gasteiger partial charge in [-0.25, -0.2) is 0 Å². The van der Waals surface area contributed by atoms with Gasteiger partial charge in [-0.15, -0.1) is 0 Å². The summed E-state index contributed by atoms with van der Waals surface area (Å²) in [7, 11) is -1.43. The molecule has 0 aromatic heterocycles. The van der Waals surface area contributed by atoms with E-state index in [9.17, 15) is 4.79 Å². The van der Waals surface area contributed by atoms with Crippen molar-refractivity contribution < 1.29 is 32.9 Å². The van der Waals surface area contributed by atoms with Crippen LogP contribution < -0.4 is 0 Å². The molecule has 0 N–H and O–H groups in total. The van der Waals surface area contributed by atoms with Gasteiger partial charge in [0, 0.05) is 6.92 Å². The summed E-state index contributed by atoms with van der Waals surface area (Å²) in [6.07, 6.45) is 0. The Labute approximate surface area is 140 Å². The molecule has 0 amide bonds. The summed E-state index contributed by atoms with van der Waals surface area (Å²) in [4.78, 5) is 10.5. The van der Waals surface area contributed by atoms with Crippen molar-refractivity contribution in [3.8, 4) is 0 Å². The lowest BCUT2D eigenvalue weighted by atomic mass is 10.7. The molecule has 0 fully saturated rings. The van der Waals surface area contributed by atoms with E-state index in [1.807, 2.05) is 0 Å². The lowest BCUT2D eigenvalue weighted by Crippen LogP contribution is -2.27. The maximum atomic E-state index is 10.5. The standard InChI is InChI=1S/C15H32O7Si/c1-15(16)21-13-11-19-9-7-17-5-6-18-8-10-20-12-14-22-23(2,3)4/h5-14H2,1-4H3. The predicted octanol–water partition coefficient (Wildman–Crippen LogP) is 1.47. The maximum absolute atomic E-state index is 10.5. The Hall–Kier alpha value is -0.513. The van der Waals surface area contributed by atoms with E-state index in [1.165, 1.54) is 6.92 Å². The Morgan fingerprint density at radius 3 is 1.35 bits per heavy atom. The number of hydrogen-bond donors (Lipinski definition) is 0. The number of carbonyl (C=O) groups excluding carboxylic acids is 1. The van der Waals surface area contributed by atoms with Crippen LogP contribution in [0.5, 0.6) is 0 Å². The monoisotopic (exact) mass is 352 g/mol. The zero-order valence-electron chi connectivity index (χ0n) is 14.9. The van der Waals surface area contributed by atoms with Crippen molar-refractivity contribution in [3.05, 3.63) is 0 Å². The first-order chi connectivity index (χ1) is 10.9. The van der Waals surface area contributed by atoms with Gasteiger partial charge in [0.1, 0.15) is 6.61 Å². The highest BCUT2D eigenvalue weighted by Gasteiger charge is 2.12. The minimum Gasteiger partial charge on any atom is -0.463 e. The summed E-state index contributed by atoms with van der Waals surface area (Å²) in [5.41, 5.74) is 0. The van der Waals surface area contributed by atoms with Gasteiger partial charge in [-0.2, -0.15) is 0 Å². The third kappa shape index (κ3) is 21.5. The molecule has 0 spiro atoms. The van der Waals surface area contributed by atoms with Gasteiger partial charge in [-0.05, 0) is 19.6 Å². The molecule has 0 aliphatic carbocycles. The number of ether oxygens (including phenoxy) is 5. The summed E-state index contributed by atoms with van der Waals surface area (Å²) < 4.78 is 31.7. The maximum Gasteiger partial charge on any atom is 0.302 e. The van der Waals surface area contributed by atoms with Crippen LogP contribution in [0.4, 0.5) is 0 Å². The van der Waals surface area contributed by atoms with E-state index < -0.39 is 8.32 Å². The fourth-order valence-corrected chi connectivity index (χ4v) is 2.11. The highest BCUT2D eigenvalue weighted by molar-refractivity contribution is 6.69. The third-order valence-electron chi connectivity index (χ3n) is 2.41. The molecule has 0 atom stereocenters. The number of rotatable bonds is 16. The van der Waals surface area contributed by atoms with Gasteiger partial charge in [-0.1, -0.05) is 0 Å². The number of carbonyl (C=O) groups is 1. The Morgan fingerprint density at radius 2 is 1.00 bits per heavy atom. The van der Waals surface area contributed by atoms with Crippen LogP contribution in [0, 0.1) is 0 Å². The predicted molar refractivity (Wildman–Crippen MR) is 89.2 cm³/mol. The average Bonchev–Trinajstić information content (AvgIpc) is 2.45. The first kappa shape index (κ1) is 22.5. The summed E-state index contributed by atoms with van der Waals surface area (Å²) in [5.74, 6) is -0.297. The summed E-state index contributed by atoms with van der Waals surface area (Å²) >= 11 is 0. The molecule has 23 heavy (non-hydrogen) atoms. The van der Waals surface area contributed by atoms with Crippen molar-refractivity contribution in [2.45, 2.75) is 26.6 Å². The Kier molecular flexibility index (Phi) is 14.7. The minimum atomic E-state index is -1.43. The van der Waals surface area contributed by atoms with Crippen LogP contribution >= 0.6 is 0 Å². The fraction of sp³-hybridized carbons (Fsp3) is 0.933. The van der Waals surface area contributed by atoms with Crippen molar-refractivity contribution in [1.82, 2.24) is 0 Å². The first-order valence-corrected chi connectivity index (χ1v) is 11.4. The quantitative estimate of drug-likeness (QED) is 0.237. The van der Waals surface area contributed by atoms with E-state index in [0.717, 1.165) is 0 Å². The molecular weight excluding hydrogens is 320 g/mol. The molecule has 7 nitrogen and oxygen atoms in total. The van der Waals surface area contributed by atoms with E-state index in [-0.39, 0.29) is 12.6 Å². The second-order valence-electron chi connectivity index (χ2n) is 5.75. The Morgan fingerprint density at radius 1 is 0.652 bits per heavy atom. The van der Waals surface area contributed by atoms with Crippen molar-refractivity contribution >= 4 is 14.3 Å². The molecule has 0 rings (SSSR count). The van der Waals surface area contributed by atoms with E-state index >= 15 is 0 Å². The second-order valence-corrected chi connectivity index (χ2v) is 10.3. The highest BCUT2D eigenvalue weighted by Crippen LogP contribution is 2.01. The van der Waals surface area contributed by atoms with Crippen LogP contribution in [0.3, 0.4) is 0 Å². The highest BCUT2D eigenvalue weighted by atomic mass is 28.4. The average molecular weight is 353 g/mol. The fourth-order valence-electron chi connectivity index (χ4n) is 1.41. The van der Waals surface area contributed by atoms with Gasteiger partial charge in [0.05, 0.1) is 59.5 Å². The van der Waals surface area contributed by atoms with Crippen molar-refractivity contribution in [2.75, 3.05) is 66.1 Å². The molecule has 0 heterocycles. The summed E-state index contributed by atoms with van der Waals surface area (Å²) in [6, 6.07) is 0. The van der Waals surface area contributed by atoms with Crippen LogP contribution in [0.1, 0.15) is 6.92 Å². The molecule has 0 radical (unpaired) electrons. The SMILES string of the molecule is CC(=O)OCCOCCOCCOCCOCCO[Si](C)(C)C. The van der Waals surface area contributed by atoms with Crippen molar-refractivity contribution in [1.29, 1.82) is 0 Å². The smallest absolute Gasteiger partial charge is 0.302 e. The summed E-state index contributed by atoms with van der Waals surface area (Å²) in [5, 5.41) is 0. The van der Waals surface area contributed by atoms with Crippen LogP contribution in [0.2, 0.25) is 19.6 Å². The Bertz CT molecular complexity index is 281. The van der Waals surface area contributed by atoms with E-state index in [2.05, 4.69) is 19.6 Å². The van der Waals surface area contributed by atoms with Crippen molar-refractivity contribution in [2.24, 2.45) is 0 Å². The molecule has 0 aromatic carbocycles. The Balaban J connectivity index is 3.04. The zero-order chi connectivity index (χ0) is 17.4. The normalized spacial score (nSPS) is 11.7. The van der Waals surface area contributed by atoms with Crippen LogP contribution in [-0.2, 0) is 32.9 Å². The second kappa shape index (κ2) is 15.0. The van der Waals surface area contributed by atoms with Crippen LogP contribution in [0.25, 0.3) is 0 Å². The molecule has 0 aliphatic heterocycles. The molecular formula is C15H32O7Si. The lowest BCUT2D eigenvalue weighted by Gasteiger charge is -2.16. The van der Waals surface area contributed by atoms with E-state index in [1.54, 1.807) is 0 Å². The van der Waals surface area contributed by atoms with Crippen LogP contribution in [-0.4, -0.2) is 80.4 Å². The molecule has 0 aliphatic rings.